The van der Waals surface area contributed by atoms with Gasteiger partial charge in [0.05, 0.1) is 17.7 Å². The normalized spacial score (nSPS) is 18.4. The molecule has 1 heterocycles. The lowest BCUT2D eigenvalue weighted by Gasteiger charge is -2.33. The second-order valence-corrected chi connectivity index (χ2v) is 6.38. The fraction of sp³-hybridized carbons (Fsp3) is 0.429. The number of amides is 1. The van der Waals surface area contributed by atoms with Crippen molar-refractivity contribution in [1.82, 2.24) is 4.90 Å². The van der Waals surface area contributed by atoms with Crippen LogP contribution in [-0.2, 0) is 4.79 Å². The summed E-state index contributed by atoms with van der Waals surface area (Å²) in [6.07, 6.45) is 2.09. The van der Waals surface area contributed by atoms with Gasteiger partial charge in [-0.1, -0.05) is 11.6 Å². The maximum absolute atomic E-state index is 12.7. The van der Waals surface area contributed by atoms with E-state index in [2.05, 4.69) is 22.6 Å². The number of carboxylic acid groups (broad SMARTS) is 1. The average molecular weight is 424 g/mol. The van der Waals surface area contributed by atoms with Crippen molar-refractivity contribution < 1.29 is 19.4 Å². The van der Waals surface area contributed by atoms with Crippen LogP contribution in [0.3, 0.4) is 0 Å². The first-order chi connectivity index (χ1) is 9.95. The predicted octanol–water partition coefficient (Wildman–Crippen LogP) is 3.03. The molecule has 1 N–H and O–H groups in total. The number of hydrogen-bond acceptors (Lipinski definition) is 3. The van der Waals surface area contributed by atoms with Crippen molar-refractivity contribution in [3.05, 3.63) is 26.3 Å². The molecule has 2 rings (SSSR count). The number of carboxylic acids is 1. The van der Waals surface area contributed by atoms with Gasteiger partial charge in [0.15, 0.2) is 0 Å². The number of nitrogens with zero attached hydrogens (tertiary/aromatic N) is 1. The minimum atomic E-state index is -0.973. The van der Waals surface area contributed by atoms with Gasteiger partial charge < -0.3 is 14.7 Å². The molecule has 21 heavy (non-hydrogen) atoms. The molecular weight excluding hydrogens is 409 g/mol. The molecule has 0 aromatic heterocycles. The highest BCUT2D eigenvalue weighted by atomic mass is 127. The van der Waals surface area contributed by atoms with Crippen LogP contribution in [0.4, 0.5) is 0 Å². The molecule has 0 aliphatic carbocycles. The first-order valence-electron chi connectivity index (χ1n) is 6.52. The molecule has 1 fully saturated rings. The SMILES string of the molecule is COc1cc(I)c(Cl)cc1C(=O)N1CCCC[C@@H]1C(=O)O. The third kappa shape index (κ3) is 3.42. The third-order valence-corrected chi connectivity index (χ3v) is 5.05. The summed E-state index contributed by atoms with van der Waals surface area (Å²) in [5.74, 6) is -0.917. The molecule has 114 valence electrons. The molecule has 0 spiro atoms. The highest BCUT2D eigenvalue weighted by molar-refractivity contribution is 14.1. The van der Waals surface area contributed by atoms with Gasteiger partial charge >= 0.3 is 5.97 Å². The van der Waals surface area contributed by atoms with Crippen molar-refractivity contribution in [3.8, 4) is 5.75 Å². The van der Waals surface area contributed by atoms with Crippen molar-refractivity contribution in [2.24, 2.45) is 0 Å². The second-order valence-electron chi connectivity index (χ2n) is 4.81. The fourth-order valence-corrected chi connectivity index (χ4v) is 3.05. The van der Waals surface area contributed by atoms with Crippen molar-refractivity contribution >= 4 is 46.1 Å². The van der Waals surface area contributed by atoms with E-state index in [-0.39, 0.29) is 5.91 Å². The van der Waals surface area contributed by atoms with Gasteiger partial charge in [-0.2, -0.15) is 0 Å². The Morgan fingerprint density at radius 2 is 2.14 bits per heavy atom. The molecule has 0 radical (unpaired) electrons. The molecule has 0 unspecified atom stereocenters. The van der Waals surface area contributed by atoms with Crippen LogP contribution in [0.25, 0.3) is 0 Å². The Kier molecular flexibility index (Phi) is 5.32. The van der Waals surface area contributed by atoms with E-state index in [0.29, 0.717) is 29.3 Å². The second kappa shape index (κ2) is 6.83. The Morgan fingerprint density at radius 1 is 1.43 bits per heavy atom. The number of methoxy groups -OCH3 is 1. The fourth-order valence-electron chi connectivity index (χ4n) is 2.45. The van der Waals surface area contributed by atoms with Gasteiger partial charge in [0, 0.05) is 10.1 Å². The van der Waals surface area contributed by atoms with E-state index in [9.17, 15) is 14.7 Å². The van der Waals surface area contributed by atoms with E-state index < -0.39 is 12.0 Å². The molecule has 0 saturated carbocycles. The molecule has 1 amide bonds. The predicted molar refractivity (Wildman–Crippen MR) is 87.0 cm³/mol. The maximum Gasteiger partial charge on any atom is 0.326 e. The Labute approximate surface area is 141 Å². The van der Waals surface area contributed by atoms with Gasteiger partial charge in [-0.05, 0) is 54.0 Å². The summed E-state index contributed by atoms with van der Waals surface area (Å²) >= 11 is 8.13. The van der Waals surface area contributed by atoms with Gasteiger partial charge in [0.25, 0.3) is 5.91 Å². The van der Waals surface area contributed by atoms with Crippen LogP contribution < -0.4 is 4.74 Å². The van der Waals surface area contributed by atoms with E-state index in [1.165, 1.54) is 18.1 Å². The number of carbonyl (C=O) groups is 2. The van der Waals surface area contributed by atoms with Crippen molar-refractivity contribution in [3.63, 3.8) is 0 Å². The summed E-state index contributed by atoms with van der Waals surface area (Å²) in [5, 5.41) is 9.73. The van der Waals surface area contributed by atoms with Crippen LogP contribution in [-0.4, -0.2) is 41.6 Å². The van der Waals surface area contributed by atoms with Gasteiger partial charge in [-0.25, -0.2) is 4.79 Å². The Hall–Kier alpha value is -1.02. The molecule has 1 aliphatic heterocycles. The molecule has 1 aliphatic rings. The van der Waals surface area contributed by atoms with E-state index >= 15 is 0 Å². The van der Waals surface area contributed by atoms with Crippen LogP contribution in [0.5, 0.6) is 5.75 Å². The number of benzene rings is 1. The van der Waals surface area contributed by atoms with E-state index in [1.54, 1.807) is 6.07 Å². The minimum absolute atomic E-state index is 0.302. The number of hydrogen-bond donors (Lipinski definition) is 1. The van der Waals surface area contributed by atoms with Crippen LogP contribution in [0, 0.1) is 3.57 Å². The first kappa shape index (κ1) is 16.4. The van der Waals surface area contributed by atoms with E-state index in [4.69, 9.17) is 16.3 Å². The zero-order chi connectivity index (χ0) is 15.6. The summed E-state index contributed by atoms with van der Waals surface area (Å²) in [6.45, 7) is 0.433. The largest absolute Gasteiger partial charge is 0.496 e. The van der Waals surface area contributed by atoms with Crippen molar-refractivity contribution in [1.29, 1.82) is 0 Å². The number of carbonyl (C=O) groups excluding carboxylic acids is 1. The summed E-state index contributed by atoms with van der Waals surface area (Å²) in [4.78, 5) is 25.4. The van der Waals surface area contributed by atoms with Crippen molar-refractivity contribution in [2.45, 2.75) is 25.3 Å². The van der Waals surface area contributed by atoms with Crippen LogP contribution in [0.15, 0.2) is 12.1 Å². The Bertz CT molecular complexity index is 578. The number of aliphatic carboxylic acids is 1. The molecule has 1 aromatic carbocycles. The monoisotopic (exact) mass is 423 g/mol. The molecule has 1 aromatic rings. The summed E-state index contributed by atoms with van der Waals surface area (Å²) in [7, 11) is 1.47. The first-order valence-corrected chi connectivity index (χ1v) is 7.98. The molecule has 1 saturated heterocycles. The number of piperidine rings is 1. The smallest absolute Gasteiger partial charge is 0.326 e. The van der Waals surface area contributed by atoms with Crippen LogP contribution in [0.2, 0.25) is 5.02 Å². The topological polar surface area (TPSA) is 66.8 Å². The molecule has 1 atom stereocenters. The number of likely N-dealkylation sites (tertiary alicyclic amines) is 1. The zero-order valence-electron chi connectivity index (χ0n) is 11.4. The van der Waals surface area contributed by atoms with E-state index in [0.717, 1.165) is 16.4 Å². The highest BCUT2D eigenvalue weighted by Gasteiger charge is 2.33. The standard InChI is InChI=1S/C14H15ClINO4/c1-21-12-7-10(16)9(15)6-8(12)13(18)17-5-3-2-4-11(17)14(19)20/h6-7,11H,2-5H2,1H3,(H,19,20)/t11-/m1/s1. The van der Waals surface area contributed by atoms with Crippen molar-refractivity contribution in [2.75, 3.05) is 13.7 Å². The lowest BCUT2D eigenvalue weighted by atomic mass is 10.0. The molecule has 7 heteroatoms. The van der Waals surface area contributed by atoms with Gasteiger partial charge in [0.1, 0.15) is 11.8 Å². The molecule has 0 bridgehead atoms. The quantitative estimate of drug-likeness (QED) is 0.759. The van der Waals surface area contributed by atoms with Crippen LogP contribution >= 0.6 is 34.2 Å². The zero-order valence-corrected chi connectivity index (χ0v) is 14.3. The van der Waals surface area contributed by atoms with E-state index in [1.807, 2.05) is 0 Å². The third-order valence-electron chi connectivity index (χ3n) is 3.52. The van der Waals surface area contributed by atoms with Gasteiger partial charge in [-0.15, -0.1) is 0 Å². The minimum Gasteiger partial charge on any atom is -0.496 e. The lowest BCUT2D eigenvalue weighted by molar-refractivity contribution is -0.143. The number of ether oxygens (including phenoxy) is 1. The summed E-state index contributed by atoms with van der Waals surface area (Å²) in [6, 6.07) is 2.43. The Balaban J connectivity index is 2.38. The van der Waals surface area contributed by atoms with Gasteiger partial charge in [-0.3, -0.25) is 4.79 Å². The molecular formula is C14H15ClINO4. The summed E-state index contributed by atoms with van der Waals surface area (Å²) in [5.41, 5.74) is 0.302. The molecule has 5 nitrogen and oxygen atoms in total. The number of rotatable bonds is 3. The maximum atomic E-state index is 12.7. The van der Waals surface area contributed by atoms with Crippen LogP contribution in [0.1, 0.15) is 29.6 Å². The average Bonchev–Trinajstić information content (AvgIpc) is 2.48. The van der Waals surface area contributed by atoms with Gasteiger partial charge in [0.2, 0.25) is 0 Å². The Morgan fingerprint density at radius 3 is 2.76 bits per heavy atom. The lowest BCUT2D eigenvalue weighted by Crippen LogP contribution is -2.48. The highest BCUT2D eigenvalue weighted by Crippen LogP contribution is 2.30. The number of halogens is 2. The summed E-state index contributed by atoms with van der Waals surface area (Å²) < 4.78 is 6.00.